The number of rotatable bonds is 7. The highest BCUT2D eigenvalue weighted by molar-refractivity contribution is 7.14. The molecule has 0 spiro atoms. The Morgan fingerprint density at radius 3 is 2.66 bits per heavy atom. The lowest BCUT2D eigenvalue weighted by Gasteiger charge is -2.27. The highest BCUT2D eigenvalue weighted by Gasteiger charge is 2.26. The molecule has 4 rings (SSSR count). The van der Waals surface area contributed by atoms with Gasteiger partial charge in [-0.3, -0.25) is 9.78 Å². The van der Waals surface area contributed by atoms with Gasteiger partial charge in [0.15, 0.2) is 0 Å². The Balaban J connectivity index is 1.43. The molecule has 1 aromatic carbocycles. The van der Waals surface area contributed by atoms with E-state index >= 15 is 0 Å². The van der Waals surface area contributed by atoms with Gasteiger partial charge in [-0.1, -0.05) is 49.7 Å². The van der Waals surface area contributed by atoms with Gasteiger partial charge in [-0.2, -0.15) is 0 Å². The normalized spacial score (nSPS) is 19.5. The molecule has 0 aliphatic heterocycles. The second kappa shape index (κ2) is 9.12. The van der Waals surface area contributed by atoms with Crippen LogP contribution in [-0.2, 0) is 11.2 Å². The van der Waals surface area contributed by atoms with Crippen LogP contribution >= 0.6 is 11.3 Å². The largest absolute Gasteiger partial charge is 0.299 e. The molecule has 2 aromatic heterocycles. The second-order valence-corrected chi connectivity index (χ2v) is 9.55. The molecule has 0 unspecified atom stereocenters. The zero-order chi connectivity index (χ0) is 20.2. The van der Waals surface area contributed by atoms with E-state index in [1.807, 2.05) is 13.1 Å². The first-order chi connectivity index (χ1) is 14.1. The van der Waals surface area contributed by atoms with Crippen LogP contribution in [0.25, 0.3) is 21.3 Å². The summed E-state index contributed by atoms with van der Waals surface area (Å²) >= 11 is 1.60. The van der Waals surface area contributed by atoms with Gasteiger partial charge in [0.2, 0.25) is 0 Å². The summed E-state index contributed by atoms with van der Waals surface area (Å²) in [5, 5.41) is 12.4. The number of benzene rings is 1. The highest BCUT2D eigenvalue weighted by atomic mass is 32.1. The standard InChI is InChI=1S/C24H29N3OS/c1-3-4-5-17-6-8-18(9-7-17)23(28)14-22-13-21-12-19(10-11-20(21)15-25-22)24-27-26-16(2)29-24/h10-13,15,17-18H,3-9,14H2,1-2H3. The van der Waals surface area contributed by atoms with Crippen molar-refractivity contribution in [3.8, 4) is 10.6 Å². The minimum absolute atomic E-state index is 0.223. The Labute approximate surface area is 176 Å². The van der Waals surface area contributed by atoms with Crippen LogP contribution in [0.1, 0.15) is 62.6 Å². The highest BCUT2D eigenvalue weighted by Crippen LogP contribution is 2.33. The van der Waals surface area contributed by atoms with Gasteiger partial charge in [-0.25, -0.2) is 0 Å². The minimum Gasteiger partial charge on any atom is -0.299 e. The number of unbranched alkanes of at least 4 members (excludes halogenated alkanes) is 1. The summed E-state index contributed by atoms with van der Waals surface area (Å²) < 4.78 is 0. The first-order valence-corrected chi connectivity index (χ1v) is 11.7. The molecule has 1 fully saturated rings. The average molecular weight is 408 g/mol. The maximum absolute atomic E-state index is 12.9. The van der Waals surface area contributed by atoms with Crippen molar-refractivity contribution in [3.63, 3.8) is 0 Å². The lowest BCUT2D eigenvalue weighted by atomic mass is 9.77. The summed E-state index contributed by atoms with van der Waals surface area (Å²) in [5.41, 5.74) is 1.94. The summed E-state index contributed by atoms with van der Waals surface area (Å²) in [5.74, 6) is 1.42. The van der Waals surface area contributed by atoms with Crippen LogP contribution in [0, 0.1) is 18.8 Å². The number of hydrogen-bond acceptors (Lipinski definition) is 5. The van der Waals surface area contributed by atoms with E-state index in [2.05, 4.69) is 46.4 Å². The van der Waals surface area contributed by atoms with Crippen LogP contribution in [0.4, 0.5) is 0 Å². The van der Waals surface area contributed by atoms with Gasteiger partial charge in [-0.15, -0.1) is 10.2 Å². The van der Waals surface area contributed by atoms with Gasteiger partial charge >= 0.3 is 0 Å². The number of aryl methyl sites for hydroxylation is 1. The van der Waals surface area contributed by atoms with Crippen molar-refractivity contribution in [3.05, 3.63) is 41.2 Å². The van der Waals surface area contributed by atoms with E-state index in [0.717, 1.165) is 50.8 Å². The van der Waals surface area contributed by atoms with Crippen LogP contribution in [-0.4, -0.2) is 21.0 Å². The van der Waals surface area contributed by atoms with Gasteiger partial charge in [0.1, 0.15) is 15.8 Å². The van der Waals surface area contributed by atoms with Crippen molar-refractivity contribution in [2.24, 2.45) is 11.8 Å². The molecule has 0 N–H and O–H groups in total. The van der Waals surface area contributed by atoms with Crippen molar-refractivity contribution >= 4 is 27.9 Å². The number of carbonyl (C=O) groups is 1. The van der Waals surface area contributed by atoms with E-state index in [1.165, 1.54) is 32.1 Å². The first-order valence-electron chi connectivity index (χ1n) is 10.8. The maximum atomic E-state index is 12.9. The van der Waals surface area contributed by atoms with E-state index in [9.17, 15) is 4.79 Å². The predicted octanol–water partition coefficient (Wildman–Crippen LogP) is 6.17. The Kier molecular flexibility index (Phi) is 6.34. The molecule has 29 heavy (non-hydrogen) atoms. The number of fused-ring (bicyclic) bond motifs is 1. The zero-order valence-electron chi connectivity index (χ0n) is 17.4. The molecule has 0 bridgehead atoms. The lowest BCUT2D eigenvalue weighted by molar-refractivity contribution is -0.123. The van der Waals surface area contributed by atoms with Crippen LogP contribution < -0.4 is 0 Å². The Morgan fingerprint density at radius 2 is 1.93 bits per heavy atom. The molecule has 0 radical (unpaired) electrons. The predicted molar refractivity (Wildman–Crippen MR) is 119 cm³/mol. The average Bonchev–Trinajstić information content (AvgIpc) is 3.18. The Bertz CT molecular complexity index is 989. The van der Waals surface area contributed by atoms with Crippen molar-refractivity contribution in [1.29, 1.82) is 0 Å². The molecule has 1 aliphatic carbocycles. The molecule has 0 atom stereocenters. The van der Waals surface area contributed by atoms with Crippen LogP contribution in [0.15, 0.2) is 30.5 Å². The third kappa shape index (κ3) is 4.89. The van der Waals surface area contributed by atoms with E-state index in [-0.39, 0.29) is 5.92 Å². The molecule has 0 amide bonds. The number of nitrogens with zero attached hydrogens (tertiary/aromatic N) is 3. The maximum Gasteiger partial charge on any atom is 0.147 e. The van der Waals surface area contributed by atoms with Crippen molar-refractivity contribution in [2.75, 3.05) is 0 Å². The molecule has 3 aromatic rings. The number of Topliss-reactive ketones (excluding diaryl/α,β-unsaturated/α-hetero) is 1. The number of pyridine rings is 1. The molecule has 2 heterocycles. The van der Waals surface area contributed by atoms with E-state index in [4.69, 9.17) is 0 Å². The van der Waals surface area contributed by atoms with Crippen molar-refractivity contribution in [1.82, 2.24) is 15.2 Å². The summed E-state index contributed by atoms with van der Waals surface area (Å²) in [6.07, 6.45) is 10.8. The third-order valence-electron chi connectivity index (χ3n) is 6.17. The monoisotopic (exact) mass is 407 g/mol. The quantitative estimate of drug-likeness (QED) is 0.470. The van der Waals surface area contributed by atoms with Crippen LogP contribution in [0.5, 0.6) is 0 Å². The number of carbonyl (C=O) groups excluding carboxylic acids is 1. The topological polar surface area (TPSA) is 55.7 Å². The van der Waals surface area contributed by atoms with E-state index in [1.54, 1.807) is 11.3 Å². The smallest absolute Gasteiger partial charge is 0.147 e. The Hall–Kier alpha value is -2.14. The number of hydrogen-bond donors (Lipinski definition) is 0. The SMILES string of the molecule is CCCCC1CCC(C(=O)Cc2cc3cc(-c4nnc(C)s4)ccc3cn2)CC1. The summed E-state index contributed by atoms with van der Waals surface area (Å²) in [4.78, 5) is 17.4. The molecular formula is C24H29N3OS. The van der Waals surface area contributed by atoms with Gasteiger partial charge in [0.25, 0.3) is 0 Å². The fourth-order valence-corrected chi connectivity index (χ4v) is 5.11. The fourth-order valence-electron chi connectivity index (χ4n) is 4.42. The summed E-state index contributed by atoms with van der Waals surface area (Å²) in [7, 11) is 0. The van der Waals surface area contributed by atoms with Crippen LogP contribution in [0.3, 0.4) is 0 Å². The number of aromatic nitrogens is 3. The van der Waals surface area contributed by atoms with Gasteiger partial charge in [0.05, 0.1) is 0 Å². The third-order valence-corrected chi connectivity index (χ3v) is 7.06. The molecule has 5 heteroatoms. The van der Waals surface area contributed by atoms with E-state index in [0.29, 0.717) is 12.2 Å². The summed E-state index contributed by atoms with van der Waals surface area (Å²) in [6, 6.07) is 8.32. The van der Waals surface area contributed by atoms with Gasteiger partial charge in [-0.05, 0) is 56.0 Å². The minimum atomic E-state index is 0.223. The molecule has 1 aliphatic rings. The molecule has 4 nitrogen and oxygen atoms in total. The second-order valence-electron chi connectivity index (χ2n) is 8.37. The molecular weight excluding hydrogens is 378 g/mol. The molecule has 152 valence electrons. The first kappa shape index (κ1) is 20.1. The molecule has 1 saturated carbocycles. The lowest BCUT2D eigenvalue weighted by Crippen LogP contribution is -2.23. The van der Waals surface area contributed by atoms with Crippen LogP contribution in [0.2, 0.25) is 0 Å². The summed E-state index contributed by atoms with van der Waals surface area (Å²) in [6.45, 7) is 4.22. The van der Waals surface area contributed by atoms with Crippen molar-refractivity contribution in [2.45, 2.75) is 65.2 Å². The zero-order valence-corrected chi connectivity index (χ0v) is 18.2. The Morgan fingerprint density at radius 1 is 1.10 bits per heavy atom. The van der Waals surface area contributed by atoms with Gasteiger partial charge in [0, 0.05) is 35.2 Å². The fraction of sp³-hybridized carbons (Fsp3) is 0.500. The number of ketones is 1. The van der Waals surface area contributed by atoms with Crippen molar-refractivity contribution < 1.29 is 4.79 Å². The molecule has 0 saturated heterocycles. The van der Waals surface area contributed by atoms with E-state index < -0.39 is 0 Å². The van der Waals surface area contributed by atoms with Gasteiger partial charge < -0.3 is 0 Å².